The summed E-state index contributed by atoms with van der Waals surface area (Å²) in [5.74, 6) is 0.0731. The van der Waals surface area contributed by atoms with Crippen LogP contribution in [0.25, 0.3) is 0 Å². The van der Waals surface area contributed by atoms with Crippen molar-refractivity contribution in [3.63, 3.8) is 0 Å². The molecule has 4 heteroatoms. The Balaban J connectivity index is 2.40. The van der Waals surface area contributed by atoms with Crippen LogP contribution in [0.4, 0.5) is 4.79 Å². The molecule has 0 spiro atoms. The van der Waals surface area contributed by atoms with E-state index in [9.17, 15) is 4.79 Å². The molecule has 2 aliphatic rings. The van der Waals surface area contributed by atoms with Crippen molar-refractivity contribution in [2.24, 2.45) is 15.9 Å². The normalized spacial score (nSPS) is 26.4. The molecule has 0 N–H and O–H groups in total. The maximum absolute atomic E-state index is 10.8. The van der Waals surface area contributed by atoms with Crippen molar-refractivity contribution < 1.29 is 4.79 Å². The number of nitrogens with zero attached hydrogens (tertiary/aromatic N) is 2. The Kier molecular flexibility index (Phi) is 1.77. The first-order valence-electron chi connectivity index (χ1n) is 3.48. The van der Waals surface area contributed by atoms with Crippen molar-refractivity contribution >= 4 is 33.9 Å². The number of carbonyl (C=O) groups excluding carboxylic acids is 1. The number of aliphatic imine (C=N–C) groups is 2. The smallest absolute Gasteiger partial charge is 0.244 e. The summed E-state index contributed by atoms with van der Waals surface area (Å²) in [5, 5.41) is 0. The lowest BCUT2D eigenvalue weighted by molar-refractivity contribution is 0.257. The van der Waals surface area contributed by atoms with Gasteiger partial charge in [0.2, 0.25) is 0 Å². The van der Waals surface area contributed by atoms with E-state index in [1.165, 1.54) is 0 Å². The standard InChI is InChI=1S/C8H5BrN2O/c9-6-2-1-5-4-10-8(12)11-7(5)3-6/h1-5H. The summed E-state index contributed by atoms with van der Waals surface area (Å²) in [6, 6.07) is -0.423. The van der Waals surface area contributed by atoms with Gasteiger partial charge in [0.25, 0.3) is 0 Å². The lowest BCUT2D eigenvalue weighted by atomic mass is 9.99. The number of carbonyl (C=O) groups is 1. The Bertz CT molecular complexity index is 352. The highest BCUT2D eigenvalue weighted by molar-refractivity contribution is 9.11. The molecule has 3 nitrogen and oxygen atoms in total. The summed E-state index contributed by atoms with van der Waals surface area (Å²) < 4.78 is 0.931. The first-order valence-corrected chi connectivity index (χ1v) is 4.27. The highest BCUT2D eigenvalue weighted by atomic mass is 79.9. The van der Waals surface area contributed by atoms with Crippen LogP contribution in [0.2, 0.25) is 0 Å². The van der Waals surface area contributed by atoms with Gasteiger partial charge in [0, 0.05) is 10.7 Å². The van der Waals surface area contributed by atoms with Crippen LogP contribution in [0.3, 0.4) is 0 Å². The molecule has 0 aromatic carbocycles. The Morgan fingerprint density at radius 2 is 2.33 bits per heavy atom. The Morgan fingerprint density at radius 3 is 3.17 bits per heavy atom. The van der Waals surface area contributed by atoms with E-state index >= 15 is 0 Å². The van der Waals surface area contributed by atoms with Gasteiger partial charge < -0.3 is 0 Å². The molecule has 0 fully saturated rings. The first kappa shape index (κ1) is 7.61. The zero-order valence-corrected chi connectivity index (χ0v) is 7.65. The average molecular weight is 225 g/mol. The molecule has 0 radical (unpaired) electrons. The van der Waals surface area contributed by atoms with Crippen molar-refractivity contribution in [1.29, 1.82) is 0 Å². The third-order valence-corrected chi connectivity index (χ3v) is 2.15. The average Bonchev–Trinajstić information content (AvgIpc) is 2.03. The number of halogens is 1. The molecule has 60 valence electrons. The largest absolute Gasteiger partial charge is 0.366 e. The fourth-order valence-corrected chi connectivity index (χ4v) is 1.48. The minimum atomic E-state index is -0.423. The van der Waals surface area contributed by atoms with E-state index in [0.717, 1.165) is 10.2 Å². The molecule has 0 bridgehead atoms. The number of allylic oxidation sites excluding steroid dienone is 4. The van der Waals surface area contributed by atoms with Crippen molar-refractivity contribution in [2.45, 2.75) is 0 Å². The van der Waals surface area contributed by atoms with Gasteiger partial charge in [-0.2, -0.15) is 4.99 Å². The molecular formula is C8H5BrN2O. The summed E-state index contributed by atoms with van der Waals surface area (Å²) in [6.45, 7) is 0. The Morgan fingerprint density at radius 1 is 1.50 bits per heavy atom. The third kappa shape index (κ3) is 1.30. The second-order valence-electron chi connectivity index (χ2n) is 2.51. The molecule has 12 heavy (non-hydrogen) atoms. The summed E-state index contributed by atoms with van der Waals surface area (Å²) in [4.78, 5) is 18.1. The van der Waals surface area contributed by atoms with Crippen LogP contribution >= 0.6 is 15.9 Å². The maximum Gasteiger partial charge on any atom is 0.366 e. The fourth-order valence-electron chi connectivity index (χ4n) is 1.10. The number of hydrogen-bond donors (Lipinski definition) is 0. The number of rotatable bonds is 0. The van der Waals surface area contributed by atoms with Gasteiger partial charge in [0.05, 0.1) is 11.6 Å². The highest BCUT2D eigenvalue weighted by Gasteiger charge is 2.17. The van der Waals surface area contributed by atoms with E-state index in [0.29, 0.717) is 0 Å². The van der Waals surface area contributed by atoms with Gasteiger partial charge in [-0.15, -0.1) is 0 Å². The second kappa shape index (κ2) is 2.79. The number of amides is 2. The topological polar surface area (TPSA) is 41.8 Å². The van der Waals surface area contributed by atoms with Gasteiger partial charge >= 0.3 is 6.03 Å². The van der Waals surface area contributed by atoms with E-state index in [4.69, 9.17) is 0 Å². The third-order valence-electron chi connectivity index (χ3n) is 1.66. The summed E-state index contributed by atoms with van der Waals surface area (Å²) in [7, 11) is 0. The predicted octanol–water partition coefficient (Wildman–Crippen LogP) is 2.10. The molecule has 2 rings (SSSR count). The Labute approximate surface area is 77.7 Å². The monoisotopic (exact) mass is 224 g/mol. The predicted molar refractivity (Wildman–Crippen MR) is 51.0 cm³/mol. The van der Waals surface area contributed by atoms with Crippen LogP contribution in [-0.2, 0) is 0 Å². The van der Waals surface area contributed by atoms with Gasteiger partial charge in [0.1, 0.15) is 0 Å². The van der Waals surface area contributed by atoms with E-state index < -0.39 is 6.03 Å². The van der Waals surface area contributed by atoms with E-state index in [1.807, 2.05) is 18.2 Å². The molecule has 0 aromatic heterocycles. The lowest BCUT2D eigenvalue weighted by Gasteiger charge is -2.13. The van der Waals surface area contributed by atoms with Crippen LogP contribution in [0.5, 0.6) is 0 Å². The number of urea groups is 1. The minimum Gasteiger partial charge on any atom is -0.244 e. The van der Waals surface area contributed by atoms with Crippen LogP contribution in [0, 0.1) is 5.92 Å². The van der Waals surface area contributed by atoms with Crippen molar-refractivity contribution in [2.75, 3.05) is 0 Å². The minimum absolute atomic E-state index is 0.0731. The molecule has 0 saturated carbocycles. The van der Waals surface area contributed by atoms with Crippen LogP contribution in [0.1, 0.15) is 0 Å². The number of hydrogen-bond acceptors (Lipinski definition) is 1. The molecule has 0 saturated heterocycles. The molecule has 1 aliphatic heterocycles. The zero-order valence-electron chi connectivity index (χ0n) is 6.07. The van der Waals surface area contributed by atoms with Crippen molar-refractivity contribution in [1.82, 2.24) is 0 Å². The SMILES string of the molecule is O=C1N=CC2C=CC(Br)=CC2=N1. The van der Waals surface area contributed by atoms with Crippen LogP contribution in [-0.4, -0.2) is 18.0 Å². The summed E-state index contributed by atoms with van der Waals surface area (Å²) >= 11 is 3.31. The summed E-state index contributed by atoms with van der Waals surface area (Å²) in [6.07, 6.45) is 7.30. The molecule has 0 aromatic rings. The highest BCUT2D eigenvalue weighted by Crippen LogP contribution is 2.19. The van der Waals surface area contributed by atoms with E-state index in [1.54, 1.807) is 6.21 Å². The molecule has 1 atom stereocenters. The van der Waals surface area contributed by atoms with Crippen molar-refractivity contribution in [3.8, 4) is 0 Å². The van der Waals surface area contributed by atoms with Gasteiger partial charge in [-0.25, -0.2) is 9.79 Å². The number of fused-ring (bicyclic) bond motifs is 1. The zero-order chi connectivity index (χ0) is 8.55. The molecule has 2 amide bonds. The van der Waals surface area contributed by atoms with Crippen LogP contribution in [0.15, 0.2) is 32.7 Å². The molecule has 1 heterocycles. The quantitative estimate of drug-likeness (QED) is 0.622. The Hall–Kier alpha value is -1.03. The first-order chi connectivity index (χ1) is 5.75. The molecule has 1 unspecified atom stereocenters. The summed E-state index contributed by atoms with van der Waals surface area (Å²) in [5.41, 5.74) is 0.754. The van der Waals surface area contributed by atoms with Crippen molar-refractivity contribution in [3.05, 3.63) is 22.7 Å². The maximum atomic E-state index is 10.8. The second-order valence-corrected chi connectivity index (χ2v) is 3.43. The lowest BCUT2D eigenvalue weighted by Crippen LogP contribution is -2.19. The molecular weight excluding hydrogens is 220 g/mol. The van der Waals surface area contributed by atoms with Gasteiger partial charge in [-0.05, 0) is 6.08 Å². The van der Waals surface area contributed by atoms with Gasteiger partial charge in [-0.3, -0.25) is 0 Å². The van der Waals surface area contributed by atoms with Gasteiger partial charge in [-0.1, -0.05) is 28.1 Å². The molecule has 1 aliphatic carbocycles. The van der Waals surface area contributed by atoms with Gasteiger partial charge in [0.15, 0.2) is 0 Å². The fraction of sp³-hybridized carbons (Fsp3) is 0.125. The van der Waals surface area contributed by atoms with Crippen LogP contribution < -0.4 is 0 Å². The van der Waals surface area contributed by atoms with E-state index in [2.05, 4.69) is 25.9 Å². The van der Waals surface area contributed by atoms with E-state index in [-0.39, 0.29) is 5.92 Å².